The van der Waals surface area contributed by atoms with Crippen molar-refractivity contribution in [1.29, 1.82) is 0 Å². The first-order valence-electron chi connectivity index (χ1n) is 6.95. The average Bonchev–Trinajstić information content (AvgIpc) is 2.82. The van der Waals surface area contributed by atoms with Crippen LogP contribution < -0.4 is 0 Å². The van der Waals surface area contributed by atoms with Gasteiger partial charge in [0.2, 0.25) is 5.91 Å². The van der Waals surface area contributed by atoms with Gasteiger partial charge < -0.3 is 14.7 Å². The Balaban J connectivity index is 1.70. The number of aliphatic hydroxyl groups is 1. The van der Waals surface area contributed by atoms with Crippen molar-refractivity contribution in [1.82, 2.24) is 9.80 Å². The molecule has 0 aliphatic carbocycles. The van der Waals surface area contributed by atoms with Crippen molar-refractivity contribution in [2.24, 2.45) is 0 Å². The minimum absolute atomic E-state index is 0.146. The zero-order valence-corrected chi connectivity index (χ0v) is 11.2. The molecule has 2 fully saturated rings. The lowest BCUT2D eigenvalue weighted by Gasteiger charge is -2.35. The second-order valence-corrected chi connectivity index (χ2v) is 5.37. The Labute approximate surface area is 109 Å². The van der Waals surface area contributed by atoms with Crippen molar-refractivity contribution < 1.29 is 14.6 Å². The number of aliphatic hydroxyl groups excluding tert-OH is 1. The van der Waals surface area contributed by atoms with Gasteiger partial charge in [0.15, 0.2) is 0 Å². The third-order valence-electron chi connectivity index (χ3n) is 3.67. The summed E-state index contributed by atoms with van der Waals surface area (Å²) in [7, 11) is 0. The molecule has 2 atom stereocenters. The van der Waals surface area contributed by atoms with Crippen molar-refractivity contribution in [2.45, 2.75) is 38.4 Å². The van der Waals surface area contributed by atoms with Crippen LogP contribution in [0.15, 0.2) is 0 Å². The molecule has 2 aliphatic heterocycles. The lowest BCUT2D eigenvalue weighted by Crippen LogP contribution is -2.50. The van der Waals surface area contributed by atoms with Gasteiger partial charge in [-0.1, -0.05) is 0 Å². The summed E-state index contributed by atoms with van der Waals surface area (Å²) < 4.78 is 5.50. The molecule has 18 heavy (non-hydrogen) atoms. The molecule has 5 heteroatoms. The van der Waals surface area contributed by atoms with E-state index in [9.17, 15) is 9.90 Å². The summed E-state index contributed by atoms with van der Waals surface area (Å²) in [4.78, 5) is 16.2. The summed E-state index contributed by atoms with van der Waals surface area (Å²) >= 11 is 0. The van der Waals surface area contributed by atoms with Crippen molar-refractivity contribution in [2.75, 3.05) is 39.3 Å². The number of piperazine rings is 1. The molecule has 2 saturated heterocycles. The SMILES string of the molecule is C[C@H](O)CN1CCN(C(=O)C[C@H]2CCCO2)CC1. The van der Waals surface area contributed by atoms with Crippen LogP contribution >= 0.6 is 0 Å². The van der Waals surface area contributed by atoms with Gasteiger partial charge in [0.05, 0.1) is 18.6 Å². The molecule has 0 aromatic rings. The summed E-state index contributed by atoms with van der Waals surface area (Å²) in [5.41, 5.74) is 0. The number of carbonyl (C=O) groups excluding carboxylic acids is 1. The van der Waals surface area contributed by atoms with Crippen LogP contribution in [0, 0.1) is 0 Å². The Bertz CT molecular complexity index is 269. The van der Waals surface area contributed by atoms with E-state index in [1.54, 1.807) is 6.92 Å². The number of hydrogen-bond acceptors (Lipinski definition) is 4. The first kappa shape index (κ1) is 13.8. The Morgan fingerprint density at radius 1 is 1.39 bits per heavy atom. The summed E-state index contributed by atoms with van der Waals surface area (Å²) in [5, 5.41) is 9.33. The van der Waals surface area contributed by atoms with E-state index >= 15 is 0 Å². The molecule has 0 saturated carbocycles. The molecule has 2 rings (SSSR count). The van der Waals surface area contributed by atoms with Crippen molar-refractivity contribution in [3.05, 3.63) is 0 Å². The Kier molecular flexibility index (Phi) is 4.97. The molecule has 0 aromatic heterocycles. The third-order valence-corrected chi connectivity index (χ3v) is 3.67. The van der Waals surface area contributed by atoms with Gasteiger partial charge in [0.25, 0.3) is 0 Å². The molecule has 2 heterocycles. The molecule has 2 aliphatic rings. The lowest BCUT2D eigenvalue weighted by molar-refractivity contribution is -0.135. The minimum atomic E-state index is -0.292. The fourth-order valence-corrected chi connectivity index (χ4v) is 2.68. The van der Waals surface area contributed by atoms with Crippen LogP contribution in [-0.2, 0) is 9.53 Å². The average molecular weight is 256 g/mol. The Hall–Kier alpha value is -0.650. The monoisotopic (exact) mass is 256 g/mol. The maximum absolute atomic E-state index is 12.1. The van der Waals surface area contributed by atoms with Gasteiger partial charge in [-0.2, -0.15) is 0 Å². The highest BCUT2D eigenvalue weighted by molar-refractivity contribution is 5.76. The van der Waals surface area contributed by atoms with Gasteiger partial charge in [-0.3, -0.25) is 9.69 Å². The van der Waals surface area contributed by atoms with E-state index in [0.717, 1.165) is 45.6 Å². The molecule has 0 aromatic carbocycles. The topological polar surface area (TPSA) is 53.0 Å². The number of hydrogen-bond donors (Lipinski definition) is 1. The number of rotatable bonds is 4. The Morgan fingerprint density at radius 3 is 2.67 bits per heavy atom. The fourth-order valence-electron chi connectivity index (χ4n) is 2.68. The second-order valence-electron chi connectivity index (χ2n) is 5.37. The predicted octanol–water partition coefficient (Wildman–Crippen LogP) is 0.0805. The second kappa shape index (κ2) is 6.50. The predicted molar refractivity (Wildman–Crippen MR) is 68.3 cm³/mol. The van der Waals surface area contributed by atoms with Gasteiger partial charge in [-0.05, 0) is 19.8 Å². The van der Waals surface area contributed by atoms with Crippen molar-refractivity contribution >= 4 is 5.91 Å². The van der Waals surface area contributed by atoms with Gasteiger partial charge in [-0.25, -0.2) is 0 Å². The van der Waals surface area contributed by atoms with Crippen LogP contribution in [0.2, 0.25) is 0 Å². The summed E-state index contributed by atoms with van der Waals surface area (Å²) in [5.74, 6) is 0.221. The number of nitrogens with zero attached hydrogens (tertiary/aromatic N) is 2. The number of ether oxygens (including phenoxy) is 1. The fraction of sp³-hybridized carbons (Fsp3) is 0.923. The van der Waals surface area contributed by atoms with Crippen LogP contribution in [0.25, 0.3) is 0 Å². The molecule has 0 unspecified atom stereocenters. The smallest absolute Gasteiger partial charge is 0.225 e. The minimum Gasteiger partial charge on any atom is -0.392 e. The van der Waals surface area contributed by atoms with Crippen LogP contribution in [0.5, 0.6) is 0 Å². The summed E-state index contributed by atoms with van der Waals surface area (Å²) in [6.45, 7) is 6.59. The van der Waals surface area contributed by atoms with E-state index in [0.29, 0.717) is 13.0 Å². The van der Waals surface area contributed by atoms with E-state index in [2.05, 4.69) is 4.90 Å². The first-order valence-corrected chi connectivity index (χ1v) is 6.95. The Morgan fingerprint density at radius 2 is 2.11 bits per heavy atom. The highest BCUT2D eigenvalue weighted by Crippen LogP contribution is 2.17. The van der Waals surface area contributed by atoms with Crippen LogP contribution in [0.3, 0.4) is 0 Å². The number of amides is 1. The van der Waals surface area contributed by atoms with Gasteiger partial charge >= 0.3 is 0 Å². The van der Waals surface area contributed by atoms with Crippen LogP contribution in [0.1, 0.15) is 26.2 Å². The number of carbonyl (C=O) groups is 1. The molecular formula is C13H24N2O3. The highest BCUT2D eigenvalue weighted by Gasteiger charge is 2.25. The van der Waals surface area contributed by atoms with Gasteiger partial charge in [-0.15, -0.1) is 0 Å². The molecule has 1 amide bonds. The maximum atomic E-state index is 12.1. The van der Waals surface area contributed by atoms with Crippen molar-refractivity contribution in [3.8, 4) is 0 Å². The van der Waals surface area contributed by atoms with Crippen LogP contribution in [0.4, 0.5) is 0 Å². The van der Waals surface area contributed by atoms with Crippen LogP contribution in [-0.4, -0.2) is 72.4 Å². The standard InChI is InChI=1S/C13H24N2O3/c1-11(16)10-14-4-6-15(7-5-14)13(17)9-12-3-2-8-18-12/h11-12,16H,2-10H2,1H3/t11-,12+/m0/s1. The first-order chi connectivity index (χ1) is 8.65. The number of β-amino-alcohol motifs (C(OH)–C–C–N with tert-alkyl or cyclic N) is 1. The van der Waals surface area contributed by atoms with E-state index in [1.807, 2.05) is 4.90 Å². The molecular weight excluding hydrogens is 232 g/mol. The van der Waals surface area contributed by atoms with E-state index < -0.39 is 0 Å². The van der Waals surface area contributed by atoms with Gasteiger partial charge in [0, 0.05) is 39.3 Å². The zero-order valence-electron chi connectivity index (χ0n) is 11.2. The molecule has 104 valence electrons. The summed E-state index contributed by atoms with van der Waals surface area (Å²) in [6.07, 6.45) is 2.50. The zero-order chi connectivity index (χ0) is 13.0. The normalized spacial score (nSPS) is 27.4. The molecule has 5 nitrogen and oxygen atoms in total. The van der Waals surface area contributed by atoms with Gasteiger partial charge in [0.1, 0.15) is 0 Å². The molecule has 0 spiro atoms. The van der Waals surface area contributed by atoms with E-state index in [4.69, 9.17) is 4.74 Å². The molecule has 0 radical (unpaired) electrons. The quantitative estimate of drug-likeness (QED) is 0.774. The molecule has 0 bridgehead atoms. The van der Waals surface area contributed by atoms with E-state index in [-0.39, 0.29) is 18.1 Å². The maximum Gasteiger partial charge on any atom is 0.225 e. The summed E-state index contributed by atoms with van der Waals surface area (Å²) in [6, 6.07) is 0. The largest absolute Gasteiger partial charge is 0.392 e. The molecule has 1 N–H and O–H groups in total. The van der Waals surface area contributed by atoms with Crippen molar-refractivity contribution in [3.63, 3.8) is 0 Å². The third kappa shape index (κ3) is 3.93. The highest BCUT2D eigenvalue weighted by atomic mass is 16.5. The van der Waals surface area contributed by atoms with E-state index in [1.165, 1.54) is 0 Å². The lowest BCUT2D eigenvalue weighted by atomic mass is 10.1.